The SMILES string of the molecule is CC(C)(C)CCC(=O)CCC1(C)CC1. The second-order valence-corrected chi connectivity index (χ2v) is 6.41. The molecule has 0 unspecified atom stereocenters. The molecule has 1 heteroatoms. The molecule has 1 rings (SSSR count). The van der Waals surface area contributed by atoms with Gasteiger partial charge in [-0.25, -0.2) is 0 Å². The molecule has 0 spiro atoms. The molecule has 0 aliphatic heterocycles. The Balaban J connectivity index is 2.10. The van der Waals surface area contributed by atoms with Gasteiger partial charge in [-0.3, -0.25) is 4.79 Å². The molecule has 1 saturated carbocycles. The Labute approximate surface area is 88.3 Å². The zero-order chi connectivity index (χ0) is 10.8. The lowest BCUT2D eigenvalue weighted by atomic mass is 9.88. The molecule has 1 aliphatic carbocycles. The Kier molecular flexibility index (Phi) is 3.39. The molecule has 0 radical (unpaired) electrons. The van der Waals surface area contributed by atoms with Crippen LogP contribution in [0, 0.1) is 10.8 Å². The maximum atomic E-state index is 11.6. The predicted molar refractivity (Wildman–Crippen MR) is 60.3 cm³/mol. The summed E-state index contributed by atoms with van der Waals surface area (Å²) in [5.74, 6) is 0.466. The van der Waals surface area contributed by atoms with Crippen LogP contribution in [0.25, 0.3) is 0 Å². The third-order valence-electron chi connectivity index (χ3n) is 3.26. The van der Waals surface area contributed by atoms with Crippen molar-refractivity contribution >= 4 is 5.78 Å². The lowest BCUT2D eigenvalue weighted by Gasteiger charge is -2.17. The highest BCUT2D eigenvalue weighted by molar-refractivity contribution is 5.78. The van der Waals surface area contributed by atoms with Crippen molar-refractivity contribution in [3.8, 4) is 0 Å². The second kappa shape index (κ2) is 4.04. The molecule has 0 N–H and O–H groups in total. The third kappa shape index (κ3) is 4.78. The van der Waals surface area contributed by atoms with Crippen LogP contribution < -0.4 is 0 Å². The van der Waals surface area contributed by atoms with Crippen LogP contribution in [0.15, 0.2) is 0 Å². The number of carbonyl (C=O) groups is 1. The molecule has 1 fully saturated rings. The van der Waals surface area contributed by atoms with Crippen LogP contribution in [0.5, 0.6) is 0 Å². The van der Waals surface area contributed by atoms with Gasteiger partial charge >= 0.3 is 0 Å². The van der Waals surface area contributed by atoms with E-state index in [1.807, 2.05) is 0 Å². The molecule has 0 bridgehead atoms. The fourth-order valence-electron chi connectivity index (χ4n) is 1.54. The van der Waals surface area contributed by atoms with E-state index in [0.29, 0.717) is 16.6 Å². The molecular formula is C13H24O. The van der Waals surface area contributed by atoms with Crippen molar-refractivity contribution in [2.75, 3.05) is 0 Å². The van der Waals surface area contributed by atoms with Gasteiger partial charge in [0.25, 0.3) is 0 Å². The summed E-state index contributed by atoms with van der Waals surface area (Å²) in [5.41, 5.74) is 0.844. The van der Waals surface area contributed by atoms with Gasteiger partial charge in [0.1, 0.15) is 5.78 Å². The molecule has 0 saturated heterocycles. The van der Waals surface area contributed by atoms with Gasteiger partial charge in [-0.2, -0.15) is 0 Å². The highest BCUT2D eigenvalue weighted by atomic mass is 16.1. The number of hydrogen-bond acceptors (Lipinski definition) is 1. The van der Waals surface area contributed by atoms with E-state index in [4.69, 9.17) is 0 Å². The molecule has 0 aromatic carbocycles. The summed E-state index contributed by atoms with van der Waals surface area (Å²) in [6.45, 7) is 8.89. The quantitative estimate of drug-likeness (QED) is 0.650. The standard InChI is InChI=1S/C13H24O/c1-12(2,3)7-5-11(14)6-8-13(4)9-10-13/h5-10H2,1-4H3. The van der Waals surface area contributed by atoms with E-state index in [0.717, 1.165) is 25.7 Å². The van der Waals surface area contributed by atoms with Crippen LogP contribution in [-0.4, -0.2) is 5.78 Å². The Bertz CT molecular complexity index is 195. The number of carbonyl (C=O) groups excluding carboxylic acids is 1. The number of hydrogen-bond donors (Lipinski definition) is 0. The second-order valence-electron chi connectivity index (χ2n) is 6.41. The van der Waals surface area contributed by atoms with Crippen molar-refractivity contribution in [3.63, 3.8) is 0 Å². The van der Waals surface area contributed by atoms with Crippen LogP contribution in [0.4, 0.5) is 0 Å². The van der Waals surface area contributed by atoms with Gasteiger partial charge in [-0.1, -0.05) is 27.7 Å². The first kappa shape index (κ1) is 11.7. The number of ketones is 1. The van der Waals surface area contributed by atoms with Crippen molar-refractivity contribution in [2.45, 2.75) is 66.2 Å². The van der Waals surface area contributed by atoms with Crippen molar-refractivity contribution in [2.24, 2.45) is 10.8 Å². The molecule has 0 aromatic heterocycles. The average molecular weight is 196 g/mol. The molecule has 0 heterocycles. The minimum Gasteiger partial charge on any atom is -0.300 e. The van der Waals surface area contributed by atoms with Crippen molar-refractivity contribution in [1.29, 1.82) is 0 Å². The van der Waals surface area contributed by atoms with Crippen molar-refractivity contribution < 1.29 is 4.79 Å². The summed E-state index contributed by atoms with van der Waals surface area (Å²) in [4.78, 5) is 11.6. The van der Waals surface area contributed by atoms with Crippen LogP contribution in [-0.2, 0) is 4.79 Å². The summed E-state index contributed by atoms with van der Waals surface area (Å²) >= 11 is 0. The fourth-order valence-corrected chi connectivity index (χ4v) is 1.54. The normalized spacial score (nSPS) is 19.4. The summed E-state index contributed by atoms with van der Waals surface area (Å²) in [6, 6.07) is 0. The van der Waals surface area contributed by atoms with Crippen LogP contribution in [0.1, 0.15) is 66.2 Å². The van der Waals surface area contributed by atoms with Gasteiger partial charge < -0.3 is 0 Å². The Morgan fingerprint density at radius 2 is 1.79 bits per heavy atom. The summed E-state index contributed by atoms with van der Waals surface area (Å²) in [6.07, 6.45) is 6.41. The van der Waals surface area contributed by atoms with Gasteiger partial charge in [0, 0.05) is 12.8 Å². The first-order valence-corrected chi connectivity index (χ1v) is 5.83. The molecule has 0 atom stereocenters. The predicted octanol–water partition coefficient (Wildman–Crippen LogP) is 3.96. The smallest absolute Gasteiger partial charge is 0.132 e. The van der Waals surface area contributed by atoms with Gasteiger partial charge in [0.2, 0.25) is 0 Å². The minimum absolute atomic E-state index is 0.305. The molecule has 82 valence electrons. The maximum Gasteiger partial charge on any atom is 0.132 e. The first-order chi connectivity index (χ1) is 6.31. The lowest BCUT2D eigenvalue weighted by Crippen LogP contribution is -2.09. The minimum atomic E-state index is 0.305. The van der Waals surface area contributed by atoms with Crippen molar-refractivity contribution in [1.82, 2.24) is 0 Å². The summed E-state index contributed by atoms with van der Waals surface area (Å²) < 4.78 is 0. The zero-order valence-electron chi connectivity index (χ0n) is 10.2. The van der Waals surface area contributed by atoms with Crippen molar-refractivity contribution in [3.05, 3.63) is 0 Å². The van der Waals surface area contributed by atoms with Gasteiger partial charge in [-0.15, -0.1) is 0 Å². The van der Waals surface area contributed by atoms with E-state index in [2.05, 4.69) is 27.7 Å². The Morgan fingerprint density at radius 1 is 1.21 bits per heavy atom. The topological polar surface area (TPSA) is 17.1 Å². The fraction of sp³-hybridized carbons (Fsp3) is 0.923. The molecule has 0 aromatic rings. The van der Waals surface area contributed by atoms with E-state index in [9.17, 15) is 4.79 Å². The monoisotopic (exact) mass is 196 g/mol. The van der Waals surface area contributed by atoms with Gasteiger partial charge in [0.05, 0.1) is 0 Å². The summed E-state index contributed by atoms with van der Waals surface area (Å²) in [5, 5.41) is 0. The number of Topliss-reactive ketones (excluding diaryl/α,β-unsaturated/α-hetero) is 1. The van der Waals surface area contributed by atoms with Gasteiger partial charge in [-0.05, 0) is 36.5 Å². The lowest BCUT2D eigenvalue weighted by molar-refractivity contribution is -0.119. The van der Waals surface area contributed by atoms with E-state index >= 15 is 0 Å². The molecule has 1 nitrogen and oxygen atoms in total. The van der Waals surface area contributed by atoms with Gasteiger partial charge in [0.15, 0.2) is 0 Å². The van der Waals surface area contributed by atoms with Crippen LogP contribution in [0.2, 0.25) is 0 Å². The van der Waals surface area contributed by atoms with E-state index in [-0.39, 0.29) is 0 Å². The van der Waals surface area contributed by atoms with Crippen LogP contribution in [0.3, 0.4) is 0 Å². The van der Waals surface area contributed by atoms with E-state index < -0.39 is 0 Å². The molecule has 0 amide bonds. The largest absolute Gasteiger partial charge is 0.300 e. The molecule has 14 heavy (non-hydrogen) atoms. The highest BCUT2D eigenvalue weighted by Crippen LogP contribution is 2.48. The highest BCUT2D eigenvalue weighted by Gasteiger charge is 2.36. The molecular weight excluding hydrogens is 172 g/mol. The van der Waals surface area contributed by atoms with E-state index in [1.165, 1.54) is 12.8 Å². The molecule has 1 aliphatic rings. The number of rotatable bonds is 5. The first-order valence-electron chi connectivity index (χ1n) is 5.83. The zero-order valence-corrected chi connectivity index (χ0v) is 10.2. The van der Waals surface area contributed by atoms with Crippen LogP contribution >= 0.6 is 0 Å². The third-order valence-corrected chi connectivity index (χ3v) is 3.26. The summed E-state index contributed by atoms with van der Waals surface area (Å²) in [7, 11) is 0. The average Bonchev–Trinajstić information content (AvgIpc) is 2.76. The maximum absolute atomic E-state index is 11.6. The Hall–Kier alpha value is -0.330. The van der Waals surface area contributed by atoms with E-state index in [1.54, 1.807) is 0 Å². The Morgan fingerprint density at radius 3 is 2.21 bits per heavy atom.